The number of allylic oxidation sites excluding steroid dienone is 3. The van der Waals surface area contributed by atoms with Gasteiger partial charge in [0, 0.05) is 4.70 Å². The molecule has 1 saturated carbocycles. The summed E-state index contributed by atoms with van der Waals surface area (Å²) in [5.41, 5.74) is 5.46. The van der Waals surface area contributed by atoms with Gasteiger partial charge in [0.15, 0.2) is 0 Å². The number of carbonyl (C=O) groups is 1. The number of rotatable bonds is 8. The van der Waals surface area contributed by atoms with Gasteiger partial charge in [-0.05, 0) is 79.1 Å². The number of hydrogen-bond acceptors (Lipinski definition) is 3. The fraction of sp³-hybridized carbons (Fsp3) is 0.348. The van der Waals surface area contributed by atoms with Gasteiger partial charge in [-0.2, -0.15) is 0 Å². The van der Waals surface area contributed by atoms with Crippen LogP contribution in [0.1, 0.15) is 50.7 Å². The molecule has 1 aromatic heterocycles. The fourth-order valence-corrected chi connectivity index (χ4v) is 4.10. The summed E-state index contributed by atoms with van der Waals surface area (Å²) >= 11 is 1.60. The molecule has 2 aromatic rings. The zero-order valence-electron chi connectivity index (χ0n) is 16.2. The van der Waals surface area contributed by atoms with E-state index in [1.165, 1.54) is 24.0 Å². The van der Waals surface area contributed by atoms with Crippen LogP contribution in [0.2, 0.25) is 0 Å². The van der Waals surface area contributed by atoms with E-state index in [2.05, 4.69) is 38.6 Å². The number of carboxylic acids is 1. The van der Waals surface area contributed by atoms with Crippen LogP contribution in [-0.2, 0) is 11.2 Å². The van der Waals surface area contributed by atoms with Gasteiger partial charge in [0.05, 0.1) is 6.42 Å². The maximum atomic E-state index is 11.2. The average molecular weight is 383 g/mol. The molecule has 1 aliphatic carbocycles. The predicted molar refractivity (Wildman–Crippen MR) is 113 cm³/mol. The van der Waals surface area contributed by atoms with E-state index >= 15 is 0 Å². The highest BCUT2D eigenvalue weighted by atomic mass is 32.1. The highest BCUT2D eigenvalue weighted by Crippen LogP contribution is 2.47. The van der Waals surface area contributed by atoms with Gasteiger partial charge in [-0.1, -0.05) is 29.9 Å². The van der Waals surface area contributed by atoms with Gasteiger partial charge in [-0.25, -0.2) is 0 Å². The average Bonchev–Trinajstić information content (AvgIpc) is 3.36. The van der Waals surface area contributed by atoms with Gasteiger partial charge >= 0.3 is 5.97 Å². The molecule has 1 aliphatic rings. The fourth-order valence-electron chi connectivity index (χ4n) is 3.08. The zero-order valence-corrected chi connectivity index (χ0v) is 17.0. The van der Waals surface area contributed by atoms with E-state index in [0.29, 0.717) is 12.5 Å². The zero-order chi connectivity index (χ0) is 19.6. The molecule has 4 heteroatoms. The summed E-state index contributed by atoms with van der Waals surface area (Å²) in [6.45, 7) is 10.6. The van der Waals surface area contributed by atoms with Crippen molar-refractivity contribution in [2.45, 2.75) is 46.0 Å². The summed E-state index contributed by atoms with van der Waals surface area (Å²) in [4.78, 5) is 11.2. The third-order valence-corrected chi connectivity index (χ3v) is 5.65. The predicted octanol–water partition coefficient (Wildman–Crippen LogP) is 6.25. The van der Waals surface area contributed by atoms with Gasteiger partial charge in [-0.15, -0.1) is 11.3 Å². The van der Waals surface area contributed by atoms with Crippen molar-refractivity contribution in [2.24, 2.45) is 0 Å². The van der Waals surface area contributed by atoms with Crippen molar-refractivity contribution < 1.29 is 14.6 Å². The maximum absolute atomic E-state index is 11.2. The summed E-state index contributed by atoms with van der Waals surface area (Å²) in [6, 6.07) is 4.14. The van der Waals surface area contributed by atoms with Gasteiger partial charge < -0.3 is 9.84 Å². The van der Waals surface area contributed by atoms with Crippen LogP contribution >= 0.6 is 11.3 Å². The molecule has 0 saturated heterocycles. The summed E-state index contributed by atoms with van der Waals surface area (Å²) in [6.07, 6.45) is 6.54. The number of benzene rings is 1. The molecule has 1 aromatic carbocycles. The van der Waals surface area contributed by atoms with Crippen LogP contribution in [0.3, 0.4) is 0 Å². The van der Waals surface area contributed by atoms with E-state index < -0.39 is 5.97 Å². The Morgan fingerprint density at radius 2 is 2.04 bits per heavy atom. The molecule has 1 heterocycles. The molecular formula is C23H26O3S. The van der Waals surface area contributed by atoms with Crippen molar-refractivity contribution in [3.63, 3.8) is 0 Å². The smallest absolute Gasteiger partial charge is 0.307 e. The lowest BCUT2D eigenvalue weighted by atomic mass is 10.0. The molecular weight excluding hydrogens is 356 g/mol. The van der Waals surface area contributed by atoms with Crippen molar-refractivity contribution in [3.8, 4) is 5.75 Å². The van der Waals surface area contributed by atoms with Crippen molar-refractivity contribution in [1.82, 2.24) is 0 Å². The lowest BCUT2D eigenvalue weighted by Gasteiger charge is -2.12. The highest BCUT2D eigenvalue weighted by Gasteiger charge is 2.28. The molecule has 0 aliphatic heterocycles. The minimum Gasteiger partial charge on any atom is -0.489 e. The minimum absolute atomic E-state index is 0.0746. The molecule has 27 heavy (non-hydrogen) atoms. The van der Waals surface area contributed by atoms with Crippen LogP contribution in [-0.4, -0.2) is 17.7 Å². The number of fused-ring (bicyclic) bond motifs is 1. The monoisotopic (exact) mass is 382 g/mol. The molecule has 1 N–H and O–H groups in total. The van der Waals surface area contributed by atoms with Crippen molar-refractivity contribution in [3.05, 3.63) is 64.1 Å². The number of carboxylic acid groups (broad SMARTS) is 1. The van der Waals surface area contributed by atoms with E-state index in [4.69, 9.17) is 4.74 Å². The van der Waals surface area contributed by atoms with Crippen molar-refractivity contribution >= 4 is 27.4 Å². The molecule has 0 radical (unpaired) electrons. The van der Waals surface area contributed by atoms with Crippen molar-refractivity contribution in [1.29, 1.82) is 0 Å². The van der Waals surface area contributed by atoms with E-state index in [-0.39, 0.29) is 6.42 Å². The standard InChI is InChI=1S/C23H26O3S/c1-14(2)5-6-17(15(3)4)12-26-19-10-20(16-7-8-16)23-18(9-22(24)25)13-27-21(23)11-19/h5-6,10-11,13,16H,3,7-9,12H2,1-2,4H3,(H,24,25)/b17-6-. The Morgan fingerprint density at radius 1 is 1.30 bits per heavy atom. The first kappa shape index (κ1) is 19.4. The Morgan fingerprint density at radius 3 is 2.63 bits per heavy atom. The SMILES string of the molecule is C=C(C)/C(=C\C=C(C)C)COc1cc(C2CC2)c2c(CC(=O)O)csc2c1. The highest BCUT2D eigenvalue weighted by molar-refractivity contribution is 7.17. The number of hydrogen-bond donors (Lipinski definition) is 1. The third kappa shape index (κ3) is 4.89. The normalized spacial score (nSPS) is 14.3. The molecule has 0 unspecified atom stereocenters. The first-order valence-corrected chi connectivity index (χ1v) is 10.1. The van der Waals surface area contributed by atoms with Crippen LogP contribution in [0.4, 0.5) is 0 Å². The molecule has 3 nitrogen and oxygen atoms in total. The first-order chi connectivity index (χ1) is 12.8. The van der Waals surface area contributed by atoms with E-state index in [9.17, 15) is 9.90 Å². The quantitative estimate of drug-likeness (QED) is 0.549. The topological polar surface area (TPSA) is 46.5 Å². The van der Waals surface area contributed by atoms with E-state index in [1.807, 2.05) is 18.4 Å². The second-order valence-electron chi connectivity index (χ2n) is 7.50. The van der Waals surface area contributed by atoms with Crippen LogP contribution < -0.4 is 4.74 Å². The third-order valence-electron chi connectivity index (χ3n) is 4.67. The number of thiophene rings is 1. The first-order valence-electron chi connectivity index (χ1n) is 9.23. The van der Waals surface area contributed by atoms with Gasteiger partial charge in [0.1, 0.15) is 12.4 Å². The maximum Gasteiger partial charge on any atom is 0.307 e. The molecule has 0 spiro atoms. The van der Waals surface area contributed by atoms with Crippen LogP contribution in [0.5, 0.6) is 5.75 Å². The molecule has 3 rings (SSSR count). The van der Waals surface area contributed by atoms with E-state index in [0.717, 1.165) is 32.5 Å². The lowest BCUT2D eigenvalue weighted by molar-refractivity contribution is -0.136. The molecule has 0 bridgehead atoms. The Bertz CT molecular complexity index is 938. The van der Waals surface area contributed by atoms with Crippen LogP contribution in [0.25, 0.3) is 10.1 Å². The second-order valence-corrected chi connectivity index (χ2v) is 8.41. The summed E-state index contributed by atoms with van der Waals surface area (Å²) in [5.74, 6) is 0.588. The Hall–Kier alpha value is -2.33. The Balaban J connectivity index is 1.89. The van der Waals surface area contributed by atoms with Crippen LogP contribution in [0, 0.1) is 0 Å². The summed E-state index contributed by atoms with van der Waals surface area (Å²) in [7, 11) is 0. The summed E-state index contributed by atoms with van der Waals surface area (Å²) < 4.78 is 7.22. The van der Waals surface area contributed by atoms with Gasteiger partial charge in [0.2, 0.25) is 0 Å². The lowest BCUT2D eigenvalue weighted by Crippen LogP contribution is -2.03. The largest absolute Gasteiger partial charge is 0.489 e. The number of ether oxygens (including phenoxy) is 1. The Labute approximate surface area is 164 Å². The molecule has 0 amide bonds. The minimum atomic E-state index is -0.785. The molecule has 142 valence electrons. The van der Waals surface area contributed by atoms with Crippen LogP contribution in [0.15, 0.2) is 53.0 Å². The summed E-state index contributed by atoms with van der Waals surface area (Å²) in [5, 5.41) is 12.3. The molecule has 1 fully saturated rings. The second kappa shape index (κ2) is 8.13. The van der Waals surface area contributed by atoms with Crippen molar-refractivity contribution in [2.75, 3.05) is 6.61 Å². The number of aliphatic carboxylic acids is 1. The van der Waals surface area contributed by atoms with Gasteiger partial charge in [0.25, 0.3) is 0 Å². The van der Waals surface area contributed by atoms with Gasteiger partial charge in [-0.3, -0.25) is 4.79 Å². The molecule has 0 atom stereocenters. The van der Waals surface area contributed by atoms with E-state index in [1.54, 1.807) is 11.3 Å². The Kier molecular flexibility index (Phi) is 5.85.